The van der Waals surface area contributed by atoms with Crippen molar-refractivity contribution in [2.24, 2.45) is 0 Å². The molecule has 2 aliphatic rings. The SMILES string of the molecule is FC1(Cl)CC(c2ccccc2)=CC=C1NC1CCN(c2ncccn2)CC1. The van der Waals surface area contributed by atoms with Crippen LogP contribution >= 0.6 is 11.6 Å². The summed E-state index contributed by atoms with van der Waals surface area (Å²) < 4.78 is 15.1. The molecule has 0 radical (unpaired) electrons. The fraction of sp³-hybridized carbons (Fsp3) is 0.333. The third kappa shape index (κ3) is 4.14. The van der Waals surface area contributed by atoms with Gasteiger partial charge in [0.25, 0.3) is 0 Å². The van der Waals surface area contributed by atoms with Crippen molar-refractivity contribution in [1.29, 1.82) is 0 Å². The first-order chi connectivity index (χ1) is 13.1. The number of piperidine rings is 1. The molecular formula is C21H22ClFN4. The number of halogens is 2. The molecule has 0 saturated carbocycles. The van der Waals surface area contributed by atoms with Gasteiger partial charge in [-0.15, -0.1) is 0 Å². The van der Waals surface area contributed by atoms with Crippen molar-refractivity contribution in [3.05, 3.63) is 72.2 Å². The summed E-state index contributed by atoms with van der Waals surface area (Å²) in [6.45, 7) is 1.67. The number of anilines is 1. The van der Waals surface area contributed by atoms with Gasteiger partial charge in [0.15, 0.2) is 0 Å². The third-order valence-electron chi connectivity index (χ3n) is 5.09. The smallest absolute Gasteiger partial charge is 0.226 e. The van der Waals surface area contributed by atoms with Crippen LogP contribution in [0.5, 0.6) is 0 Å². The molecule has 1 atom stereocenters. The lowest BCUT2D eigenvalue weighted by molar-refractivity contribution is 0.299. The minimum atomic E-state index is -1.90. The number of benzene rings is 1. The number of nitrogens with one attached hydrogen (secondary N) is 1. The predicted molar refractivity (Wildman–Crippen MR) is 107 cm³/mol. The molecule has 1 aliphatic heterocycles. The minimum absolute atomic E-state index is 0.161. The molecule has 1 N–H and O–H groups in total. The van der Waals surface area contributed by atoms with Crippen LogP contribution < -0.4 is 10.2 Å². The van der Waals surface area contributed by atoms with E-state index in [4.69, 9.17) is 11.6 Å². The number of hydrogen-bond acceptors (Lipinski definition) is 4. The molecule has 0 bridgehead atoms. The van der Waals surface area contributed by atoms with Gasteiger partial charge < -0.3 is 10.2 Å². The van der Waals surface area contributed by atoms with Crippen LogP contribution in [0.4, 0.5) is 10.3 Å². The molecule has 2 heterocycles. The molecule has 27 heavy (non-hydrogen) atoms. The van der Waals surface area contributed by atoms with E-state index < -0.39 is 5.13 Å². The fourth-order valence-electron chi connectivity index (χ4n) is 3.60. The summed E-state index contributed by atoms with van der Waals surface area (Å²) in [5, 5.41) is 1.43. The van der Waals surface area contributed by atoms with Gasteiger partial charge in [0.2, 0.25) is 11.1 Å². The quantitative estimate of drug-likeness (QED) is 0.797. The van der Waals surface area contributed by atoms with Crippen LogP contribution in [0.3, 0.4) is 0 Å². The van der Waals surface area contributed by atoms with E-state index in [1.807, 2.05) is 42.5 Å². The Kier molecular flexibility index (Phi) is 5.12. The average Bonchev–Trinajstić information content (AvgIpc) is 2.71. The minimum Gasteiger partial charge on any atom is -0.382 e. The molecule has 2 aromatic rings. The van der Waals surface area contributed by atoms with Gasteiger partial charge in [-0.05, 0) is 36.1 Å². The lowest BCUT2D eigenvalue weighted by Gasteiger charge is -2.36. The highest BCUT2D eigenvalue weighted by Gasteiger charge is 2.36. The largest absolute Gasteiger partial charge is 0.382 e. The van der Waals surface area contributed by atoms with Crippen molar-refractivity contribution in [3.63, 3.8) is 0 Å². The molecule has 1 aromatic carbocycles. The zero-order valence-corrected chi connectivity index (χ0v) is 15.7. The highest BCUT2D eigenvalue weighted by Crippen LogP contribution is 2.40. The summed E-state index contributed by atoms with van der Waals surface area (Å²) in [5.41, 5.74) is 2.37. The molecule has 140 valence electrons. The van der Waals surface area contributed by atoms with Gasteiger partial charge in [0.1, 0.15) is 0 Å². The zero-order valence-electron chi connectivity index (χ0n) is 15.0. The van der Waals surface area contributed by atoms with Crippen molar-refractivity contribution in [2.45, 2.75) is 30.4 Å². The maximum absolute atomic E-state index is 15.1. The van der Waals surface area contributed by atoms with Crippen molar-refractivity contribution in [2.75, 3.05) is 18.0 Å². The lowest BCUT2D eigenvalue weighted by Crippen LogP contribution is -2.45. The normalized spacial score (nSPS) is 23.6. The first-order valence-electron chi connectivity index (χ1n) is 9.25. The van der Waals surface area contributed by atoms with Crippen molar-refractivity contribution >= 4 is 23.1 Å². The highest BCUT2D eigenvalue weighted by molar-refractivity contribution is 6.25. The molecule has 4 rings (SSSR count). The predicted octanol–water partition coefficient (Wildman–Crippen LogP) is 4.31. The summed E-state index contributed by atoms with van der Waals surface area (Å²) in [7, 11) is 0. The third-order valence-corrected chi connectivity index (χ3v) is 5.43. The molecule has 1 fully saturated rings. The number of rotatable bonds is 4. The van der Waals surface area contributed by atoms with E-state index in [2.05, 4.69) is 20.2 Å². The van der Waals surface area contributed by atoms with Gasteiger partial charge in [-0.25, -0.2) is 14.4 Å². The average molecular weight is 385 g/mol. The molecule has 1 aromatic heterocycles. The van der Waals surface area contributed by atoms with Crippen molar-refractivity contribution in [3.8, 4) is 0 Å². The maximum atomic E-state index is 15.1. The van der Waals surface area contributed by atoms with Crippen LogP contribution in [-0.2, 0) is 0 Å². The first kappa shape index (κ1) is 18.0. The van der Waals surface area contributed by atoms with Crippen LogP contribution in [0.1, 0.15) is 24.8 Å². The number of allylic oxidation sites excluding steroid dienone is 4. The van der Waals surface area contributed by atoms with Crippen LogP contribution in [0, 0.1) is 0 Å². The topological polar surface area (TPSA) is 41.0 Å². The van der Waals surface area contributed by atoms with E-state index in [1.165, 1.54) is 0 Å². The van der Waals surface area contributed by atoms with Gasteiger partial charge in [-0.3, -0.25) is 0 Å². The van der Waals surface area contributed by atoms with Crippen molar-refractivity contribution < 1.29 is 4.39 Å². The van der Waals surface area contributed by atoms with Crippen LogP contribution in [-0.4, -0.2) is 34.2 Å². The highest BCUT2D eigenvalue weighted by atomic mass is 35.5. The van der Waals surface area contributed by atoms with E-state index >= 15 is 4.39 Å². The van der Waals surface area contributed by atoms with Gasteiger partial charge in [0.05, 0.1) is 5.70 Å². The first-order valence-corrected chi connectivity index (χ1v) is 9.63. The van der Waals surface area contributed by atoms with E-state index in [0.29, 0.717) is 5.70 Å². The van der Waals surface area contributed by atoms with Crippen molar-refractivity contribution in [1.82, 2.24) is 15.3 Å². The summed E-state index contributed by atoms with van der Waals surface area (Å²) in [4.78, 5) is 10.8. The Labute approximate surface area is 163 Å². The summed E-state index contributed by atoms with van der Waals surface area (Å²) in [5.74, 6) is 0.750. The second-order valence-electron chi connectivity index (χ2n) is 6.97. The standard InChI is InChI=1S/C21H22ClFN4/c22-21(23)15-17(16-5-2-1-3-6-16)7-8-19(21)26-18-9-13-27(14-10-18)20-24-11-4-12-25-20/h1-8,11-12,18,26H,9-10,13-15H2. The lowest BCUT2D eigenvalue weighted by atomic mass is 9.93. The molecule has 0 spiro atoms. The Bertz CT molecular complexity index is 828. The Morgan fingerprint density at radius 1 is 1.04 bits per heavy atom. The zero-order chi connectivity index (χ0) is 18.7. The molecule has 1 saturated heterocycles. The summed E-state index contributed by atoms with van der Waals surface area (Å²) in [6, 6.07) is 11.8. The Morgan fingerprint density at radius 2 is 1.74 bits per heavy atom. The van der Waals surface area contributed by atoms with Gasteiger partial charge in [-0.1, -0.05) is 48.0 Å². The molecular weight excluding hydrogens is 363 g/mol. The second kappa shape index (κ2) is 7.69. The number of alkyl halides is 2. The Balaban J connectivity index is 1.41. The maximum Gasteiger partial charge on any atom is 0.226 e. The van der Waals surface area contributed by atoms with E-state index in [-0.39, 0.29) is 12.5 Å². The van der Waals surface area contributed by atoms with Crippen LogP contribution in [0.15, 0.2) is 66.6 Å². The van der Waals surface area contributed by atoms with Crippen LogP contribution in [0.25, 0.3) is 5.57 Å². The second-order valence-corrected chi connectivity index (χ2v) is 7.57. The van der Waals surface area contributed by atoms with E-state index in [0.717, 1.165) is 43.0 Å². The van der Waals surface area contributed by atoms with Gasteiger partial charge in [0, 0.05) is 37.9 Å². The summed E-state index contributed by atoms with van der Waals surface area (Å²) >= 11 is 6.26. The number of nitrogens with zero attached hydrogens (tertiary/aromatic N) is 3. The molecule has 0 amide bonds. The fourth-order valence-corrected chi connectivity index (χ4v) is 3.86. The van der Waals surface area contributed by atoms with E-state index in [1.54, 1.807) is 18.5 Å². The van der Waals surface area contributed by atoms with Crippen LogP contribution in [0.2, 0.25) is 0 Å². The van der Waals surface area contributed by atoms with Gasteiger partial charge in [-0.2, -0.15) is 0 Å². The number of aromatic nitrogens is 2. The Morgan fingerprint density at radius 3 is 2.41 bits per heavy atom. The Hall–Kier alpha value is -2.40. The molecule has 4 nitrogen and oxygen atoms in total. The molecule has 6 heteroatoms. The van der Waals surface area contributed by atoms with Gasteiger partial charge >= 0.3 is 0 Å². The molecule has 1 aliphatic carbocycles. The number of hydrogen-bond donors (Lipinski definition) is 1. The summed E-state index contributed by atoms with van der Waals surface area (Å²) in [6.07, 6.45) is 9.18. The monoisotopic (exact) mass is 384 g/mol. The van der Waals surface area contributed by atoms with E-state index in [9.17, 15) is 0 Å². The molecule has 1 unspecified atom stereocenters.